The van der Waals surface area contributed by atoms with Crippen molar-refractivity contribution in [2.45, 2.75) is 110 Å². The number of alkyl halides is 3. The van der Waals surface area contributed by atoms with Gasteiger partial charge in [-0.3, -0.25) is 23.9 Å². The molecule has 15 heteroatoms. The first-order valence-electron chi connectivity index (χ1n) is 14.9. The summed E-state index contributed by atoms with van der Waals surface area (Å²) in [6.07, 6.45) is -10.4. The molecule has 46 heavy (non-hydrogen) atoms. The minimum atomic E-state index is -4.82. The van der Waals surface area contributed by atoms with Gasteiger partial charge in [-0.05, 0) is 36.8 Å². The van der Waals surface area contributed by atoms with Crippen molar-refractivity contribution in [1.82, 2.24) is 9.78 Å². The van der Waals surface area contributed by atoms with Gasteiger partial charge >= 0.3 is 30.1 Å². The highest BCUT2D eigenvalue weighted by Crippen LogP contribution is 2.44. The average Bonchev–Trinajstić information content (AvgIpc) is 3.26. The number of esters is 4. The first-order chi connectivity index (χ1) is 21.7. The minimum Gasteiger partial charge on any atom is -0.463 e. The lowest BCUT2D eigenvalue weighted by Crippen LogP contribution is -2.63. The summed E-state index contributed by atoms with van der Waals surface area (Å²) in [5.74, 6) is -3.74. The number of carbonyl (C=O) groups excluding carboxylic acids is 4. The fourth-order valence-corrected chi connectivity index (χ4v) is 5.39. The number of hydrogen-bond donors (Lipinski definition) is 0. The molecule has 5 atom stereocenters. The van der Waals surface area contributed by atoms with Crippen LogP contribution in [0.5, 0.6) is 5.88 Å². The Morgan fingerprint density at radius 1 is 0.870 bits per heavy atom. The third kappa shape index (κ3) is 8.36. The summed E-state index contributed by atoms with van der Waals surface area (Å²) in [5, 5.41) is 4.26. The highest BCUT2D eigenvalue weighted by Gasteiger charge is 2.54. The molecule has 1 aliphatic heterocycles. The molecule has 1 aromatic carbocycles. The van der Waals surface area contributed by atoms with E-state index in [1.807, 2.05) is 19.1 Å². The predicted octanol–water partition coefficient (Wildman–Crippen LogP) is 4.24. The Bertz CT molecular complexity index is 1420. The van der Waals surface area contributed by atoms with Crippen LogP contribution in [0.1, 0.15) is 82.3 Å². The number of aromatic nitrogens is 2. The van der Waals surface area contributed by atoms with Gasteiger partial charge in [0.15, 0.2) is 12.2 Å². The Morgan fingerprint density at radius 3 is 1.93 bits per heavy atom. The van der Waals surface area contributed by atoms with Crippen LogP contribution < -0.4 is 4.74 Å². The van der Waals surface area contributed by atoms with E-state index < -0.39 is 85.0 Å². The zero-order valence-electron chi connectivity index (χ0n) is 26.1. The zero-order chi connectivity index (χ0) is 33.8. The van der Waals surface area contributed by atoms with Gasteiger partial charge in [0.1, 0.15) is 18.4 Å². The highest BCUT2D eigenvalue weighted by molar-refractivity contribution is 5.68. The second kappa shape index (κ2) is 14.5. The van der Waals surface area contributed by atoms with Gasteiger partial charge in [-0.15, -0.1) is 5.10 Å². The third-order valence-electron chi connectivity index (χ3n) is 7.65. The van der Waals surface area contributed by atoms with E-state index in [0.717, 1.165) is 50.8 Å². The summed E-state index contributed by atoms with van der Waals surface area (Å²) in [4.78, 5) is 48.1. The van der Waals surface area contributed by atoms with Gasteiger partial charge < -0.3 is 28.4 Å². The van der Waals surface area contributed by atoms with Gasteiger partial charge in [-0.2, -0.15) is 13.2 Å². The molecule has 12 nitrogen and oxygen atoms in total. The SMILES string of the molecule is CCc1ccc(Cc2c(O[C@@H]3O[C@H](COC(C)=O)[C@@H](OC(C)=O)[C@H](OC(C)=O)[C@H]3OC(C)=O)nn(C3CCC3)c2C(F)(F)F)cc1. The number of halogens is 3. The summed E-state index contributed by atoms with van der Waals surface area (Å²) in [6, 6.07) is 6.55. The number of hydrogen-bond acceptors (Lipinski definition) is 11. The zero-order valence-corrected chi connectivity index (χ0v) is 26.1. The third-order valence-corrected chi connectivity index (χ3v) is 7.65. The van der Waals surface area contributed by atoms with E-state index >= 15 is 0 Å². The molecule has 1 aromatic heterocycles. The smallest absolute Gasteiger partial charge is 0.433 e. The van der Waals surface area contributed by atoms with Crippen LogP contribution in [0.3, 0.4) is 0 Å². The topological polar surface area (TPSA) is 141 Å². The number of nitrogens with zero attached hydrogens (tertiary/aromatic N) is 2. The maximum absolute atomic E-state index is 14.7. The Morgan fingerprint density at radius 2 is 1.43 bits per heavy atom. The highest BCUT2D eigenvalue weighted by atomic mass is 19.4. The Kier molecular flexibility index (Phi) is 11.0. The molecule has 1 aliphatic carbocycles. The number of ether oxygens (including phenoxy) is 6. The van der Waals surface area contributed by atoms with Crippen molar-refractivity contribution in [2.24, 2.45) is 0 Å². The van der Waals surface area contributed by atoms with Gasteiger partial charge in [-0.1, -0.05) is 31.2 Å². The van der Waals surface area contributed by atoms with Crippen LogP contribution in [0.4, 0.5) is 13.2 Å². The molecule has 0 N–H and O–H groups in total. The molecule has 0 amide bonds. The van der Waals surface area contributed by atoms with E-state index in [4.69, 9.17) is 28.4 Å². The number of rotatable bonds is 11. The van der Waals surface area contributed by atoms with E-state index in [2.05, 4.69) is 5.10 Å². The summed E-state index contributed by atoms with van der Waals surface area (Å²) in [6.45, 7) is 5.72. The van der Waals surface area contributed by atoms with E-state index in [9.17, 15) is 32.3 Å². The lowest BCUT2D eigenvalue weighted by Gasteiger charge is -2.43. The fourth-order valence-electron chi connectivity index (χ4n) is 5.39. The van der Waals surface area contributed by atoms with E-state index in [1.54, 1.807) is 12.1 Å². The van der Waals surface area contributed by atoms with Crippen molar-refractivity contribution < 1.29 is 60.8 Å². The van der Waals surface area contributed by atoms with Crippen molar-refractivity contribution in [3.05, 3.63) is 46.6 Å². The Labute approximate surface area is 263 Å². The first-order valence-corrected chi connectivity index (χ1v) is 14.9. The molecule has 2 aromatic rings. The van der Waals surface area contributed by atoms with Crippen molar-refractivity contribution in [3.8, 4) is 5.88 Å². The maximum atomic E-state index is 14.7. The van der Waals surface area contributed by atoms with Crippen LogP contribution in [0, 0.1) is 0 Å². The molecule has 252 valence electrons. The lowest BCUT2D eigenvalue weighted by molar-refractivity contribution is -0.289. The summed E-state index contributed by atoms with van der Waals surface area (Å²) in [7, 11) is 0. The molecule has 0 spiro atoms. The largest absolute Gasteiger partial charge is 0.463 e. The van der Waals surface area contributed by atoms with Gasteiger partial charge in [0.2, 0.25) is 18.3 Å². The Balaban J connectivity index is 1.83. The molecule has 1 saturated carbocycles. The molecule has 4 rings (SSSR count). The molecule has 2 aliphatic rings. The van der Waals surface area contributed by atoms with Crippen molar-refractivity contribution >= 4 is 23.9 Å². The van der Waals surface area contributed by atoms with Crippen LogP contribution in [-0.4, -0.2) is 71.0 Å². The van der Waals surface area contributed by atoms with Crippen LogP contribution in [0.2, 0.25) is 0 Å². The Hall–Kier alpha value is -4.14. The normalized spacial score (nSPS) is 23.2. The molecule has 0 bridgehead atoms. The molecular weight excluding hydrogens is 617 g/mol. The summed E-state index contributed by atoms with van der Waals surface area (Å²) in [5.41, 5.74) is 0.287. The van der Waals surface area contributed by atoms with Crippen LogP contribution in [0.15, 0.2) is 24.3 Å². The number of aryl methyl sites for hydroxylation is 1. The summed E-state index contributed by atoms with van der Waals surface area (Å²) < 4.78 is 78.4. The molecular formula is C31H37F3N2O10. The van der Waals surface area contributed by atoms with Gasteiger partial charge in [0, 0.05) is 34.1 Å². The standard InChI is InChI=1S/C31H37F3N2O10/c1-6-20-10-12-21(13-11-20)14-23-28(31(32,33)34)36(22-8-7-9-22)35-29(23)46-30-27(44-19(5)40)26(43-18(4)39)25(42-17(3)38)24(45-30)15-41-16(2)37/h10-13,22,24-27,30H,6-9,14-15H2,1-5H3/t24-,25-,26+,27-,30+/m1/s1. The second-order valence-electron chi connectivity index (χ2n) is 11.2. The van der Waals surface area contributed by atoms with E-state index in [0.29, 0.717) is 18.4 Å². The monoisotopic (exact) mass is 654 g/mol. The van der Waals surface area contributed by atoms with Gasteiger partial charge in [0.05, 0.1) is 11.6 Å². The molecule has 2 fully saturated rings. The molecule has 0 unspecified atom stereocenters. The van der Waals surface area contributed by atoms with Crippen molar-refractivity contribution in [2.75, 3.05) is 6.61 Å². The number of benzene rings is 1. The average molecular weight is 655 g/mol. The van der Waals surface area contributed by atoms with Crippen LogP contribution in [0.25, 0.3) is 0 Å². The fraction of sp³-hybridized carbons (Fsp3) is 0.581. The second-order valence-corrected chi connectivity index (χ2v) is 11.2. The van der Waals surface area contributed by atoms with Crippen LogP contribution >= 0.6 is 0 Å². The van der Waals surface area contributed by atoms with Gasteiger partial charge in [0.25, 0.3) is 0 Å². The maximum Gasteiger partial charge on any atom is 0.433 e. The van der Waals surface area contributed by atoms with Crippen LogP contribution in [-0.2, 0) is 61.9 Å². The van der Waals surface area contributed by atoms with E-state index in [-0.39, 0.29) is 12.0 Å². The first kappa shape index (κ1) is 34.7. The predicted molar refractivity (Wildman–Crippen MR) is 151 cm³/mol. The molecule has 2 heterocycles. The van der Waals surface area contributed by atoms with Crippen molar-refractivity contribution in [1.29, 1.82) is 0 Å². The number of carbonyl (C=O) groups is 4. The van der Waals surface area contributed by atoms with Crippen molar-refractivity contribution in [3.63, 3.8) is 0 Å². The lowest BCUT2D eigenvalue weighted by atomic mass is 9.93. The molecule has 1 saturated heterocycles. The quantitative estimate of drug-likeness (QED) is 0.254. The molecule has 0 radical (unpaired) electrons. The summed E-state index contributed by atoms with van der Waals surface area (Å²) >= 11 is 0. The van der Waals surface area contributed by atoms with E-state index in [1.165, 1.54) is 0 Å². The minimum absolute atomic E-state index is 0.216. The van der Waals surface area contributed by atoms with Gasteiger partial charge in [-0.25, -0.2) is 0 Å².